The Morgan fingerprint density at radius 2 is 1.69 bits per heavy atom. The quantitative estimate of drug-likeness (QED) is 0.234. The van der Waals surface area contributed by atoms with Gasteiger partial charge >= 0.3 is 12.1 Å². The lowest BCUT2D eigenvalue weighted by molar-refractivity contribution is -0.144. The van der Waals surface area contributed by atoms with Crippen molar-refractivity contribution in [3.05, 3.63) is 94.9 Å². The zero-order chi connectivity index (χ0) is 28.1. The highest BCUT2D eigenvalue weighted by Gasteiger charge is 2.22. The number of carbonyl (C=O) groups excluding carboxylic acids is 2. The summed E-state index contributed by atoms with van der Waals surface area (Å²) in [4.78, 5) is 24.7. The van der Waals surface area contributed by atoms with Crippen LogP contribution in [0.1, 0.15) is 55.2 Å². The number of esters is 1. The van der Waals surface area contributed by atoms with Gasteiger partial charge in [0, 0.05) is 11.1 Å². The predicted molar refractivity (Wildman–Crippen MR) is 147 cm³/mol. The topological polar surface area (TPSA) is 90.7 Å². The molecule has 0 aliphatic heterocycles. The van der Waals surface area contributed by atoms with E-state index < -0.39 is 18.0 Å². The molecule has 1 heterocycles. The number of aryl methyl sites for hydroxylation is 2. The Labute approximate surface area is 226 Å². The van der Waals surface area contributed by atoms with E-state index in [0.29, 0.717) is 23.7 Å². The van der Waals surface area contributed by atoms with E-state index in [1.807, 2.05) is 56.3 Å². The lowest BCUT2D eigenvalue weighted by Gasteiger charge is -2.15. The van der Waals surface area contributed by atoms with Gasteiger partial charge in [-0.25, -0.2) is 9.18 Å². The first kappa shape index (κ1) is 27.6. The lowest BCUT2D eigenvalue weighted by Crippen LogP contribution is -2.17. The number of nitrogens with one attached hydrogen (secondary N) is 1. The van der Waals surface area contributed by atoms with E-state index in [2.05, 4.69) is 10.5 Å². The molecule has 0 saturated heterocycles. The smallest absolute Gasteiger partial charge is 0.412 e. The van der Waals surface area contributed by atoms with E-state index in [9.17, 15) is 14.0 Å². The maximum absolute atomic E-state index is 14.1. The molecule has 2 unspecified atom stereocenters. The van der Waals surface area contributed by atoms with Gasteiger partial charge in [0.05, 0.1) is 12.5 Å². The zero-order valence-corrected chi connectivity index (χ0v) is 22.6. The van der Waals surface area contributed by atoms with Crippen LogP contribution in [0.3, 0.4) is 0 Å². The maximum atomic E-state index is 14.1. The van der Waals surface area contributed by atoms with Crippen LogP contribution in [0.4, 0.5) is 14.9 Å². The van der Waals surface area contributed by atoms with Gasteiger partial charge in [-0.15, -0.1) is 0 Å². The van der Waals surface area contributed by atoms with Crippen molar-refractivity contribution in [2.75, 3.05) is 11.9 Å². The third-order valence-corrected chi connectivity index (χ3v) is 6.57. The standard InChI is InChI=1S/C31H31FN2O5/c1-6-37-30(35)19(3)22-11-13-23(14-12-22)25-16-15-24(17-18(25)2)29-28(20(4)34-39-29)33-31(36)38-21(5)26-9-7-8-10-27(26)32/h7-17,19,21H,6H2,1-5H3,(H,33,36). The van der Waals surface area contributed by atoms with Gasteiger partial charge < -0.3 is 14.0 Å². The Morgan fingerprint density at radius 1 is 1.00 bits per heavy atom. The van der Waals surface area contributed by atoms with Crippen molar-refractivity contribution in [2.45, 2.75) is 46.6 Å². The van der Waals surface area contributed by atoms with Crippen LogP contribution >= 0.6 is 0 Å². The highest BCUT2D eigenvalue weighted by molar-refractivity contribution is 5.91. The Hall–Kier alpha value is -4.46. The molecular weight excluding hydrogens is 499 g/mol. The number of halogens is 1. The lowest BCUT2D eigenvalue weighted by atomic mass is 9.94. The minimum atomic E-state index is -0.789. The van der Waals surface area contributed by atoms with Crippen LogP contribution < -0.4 is 5.32 Å². The summed E-state index contributed by atoms with van der Waals surface area (Å²) in [6.07, 6.45) is -1.54. The van der Waals surface area contributed by atoms with Crippen LogP contribution in [0.5, 0.6) is 0 Å². The minimum absolute atomic E-state index is 0.247. The monoisotopic (exact) mass is 530 g/mol. The second-order valence-corrected chi connectivity index (χ2v) is 9.29. The summed E-state index contributed by atoms with van der Waals surface area (Å²) in [5.74, 6) is -0.651. The molecule has 4 aromatic rings. The number of rotatable bonds is 8. The molecule has 0 bridgehead atoms. The summed E-state index contributed by atoms with van der Waals surface area (Å²) in [6, 6.07) is 19.8. The van der Waals surface area contributed by atoms with Crippen LogP contribution in [0.2, 0.25) is 0 Å². The van der Waals surface area contributed by atoms with Crippen LogP contribution in [0.25, 0.3) is 22.5 Å². The molecule has 3 aromatic carbocycles. The summed E-state index contributed by atoms with van der Waals surface area (Å²) in [6.45, 7) is 9.26. The van der Waals surface area contributed by atoms with Crippen molar-refractivity contribution >= 4 is 17.7 Å². The molecule has 0 fully saturated rings. The van der Waals surface area contributed by atoms with E-state index in [1.165, 1.54) is 6.07 Å². The number of carbonyl (C=O) groups is 2. The Balaban J connectivity index is 1.51. The molecule has 1 aromatic heterocycles. The molecule has 7 nitrogen and oxygen atoms in total. The third-order valence-electron chi connectivity index (χ3n) is 6.57. The number of amides is 1. The van der Waals surface area contributed by atoms with Gasteiger partial charge in [-0.05, 0) is 69.0 Å². The first-order valence-corrected chi connectivity index (χ1v) is 12.8. The van der Waals surface area contributed by atoms with Crippen molar-refractivity contribution in [3.8, 4) is 22.5 Å². The van der Waals surface area contributed by atoms with E-state index in [0.717, 1.165) is 27.8 Å². The van der Waals surface area contributed by atoms with Crippen molar-refractivity contribution in [2.24, 2.45) is 0 Å². The molecule has 0 radical (unpaired) electrons. The van der Waals surface area contributed by atoms with Crippen LogP contribution in [-0.4, -0.2) is 23.8 Å². The van der Waals surface area contributed by atoms with E-state index >= 15 is 0 Å². The van der Waals surface area contributed by atoms with E-state index in [-0.39, 0.29) is 17.5 Å². The molecule has 0 saturated carbocycles. The highest BCUT2D eigenvalue weighted by Crippen LogP contribution is 2.35. The summed E-state index contributed by atoms with van der Waals surface area (Å²) in [5, 5.41) is 6.72. The molecule has 8 heteroatoms. The number of nitrogens with zero attached hydrogens (tertiary/aromatic N) is 1. The van der Waals surface area contributed by atoms with Gasteiger partial charge in [-0.3, -0.25) is 10.1 Å². The van der Waals surface area contributed by atoms with E-state index in [1.54, 1.807) is 39.0 Å². The van der Waals surface area contributed by atoms with Gasteiger partial charge in [-0.1, -0.05) is 59.8 Å². The van der Waals surface area contributed by atoms with Crippen LogP contribution in [-0.2, 0) is 14.3 Å². The van der Waals surface area contributed by atoms with Crippen molar-refractivity contribution in [3.63, 3.8) is 0 Å². The molecule has 39 heavy (non-hydrogen) atoms. The molecular formula is C31H31FN2O5. The fourth-order valence-electron chi connectivity index (χ4n) is 4.36. The average molecular weight is 531 g/mol. The maximum Gasteiger partial charge on any atom is 0.412 e. The molecule has 0 aliphatic carbocycles. The summed E-state index contributed by atoms with van der Waals surface area (Å²) in [7, 11) is 0. The molecule has 1 amide bonds. The normalized spacial score (nSPS) is 12.5. The largest absolute Gasteiger partial charge is 0.466 e. The third kappa shape index (κ3) is 6.17. The van der Waals surface area contributed by atoms with Gasteiger partial charge in [0.25, 0.3) is 0 Å². The van der Waals surface area contributed by atoms with E-state index in [4.69, 9.17) is 14.0 Å². The molecule has 1 N–H and O–H groups in total. The summed E-state index contributed by atoms with van der Waals surface area (Å²) < 4.78 is 30.2. The summed E-state index contributed by atoms with van der Waals surface area (Å²) in [5.41, 5.74) is 5.74. The number of benzene rings is 3. The Bertz CT molecular complexity index is 1480. The van der Waals surface area contributed by atoms with Crippen LogP contribution in [0, 0.1) is 19.7 Å². The molecule has 2 atom stereocenters. The van der Waals surface area contributed by atoms with Crippen molar-refractivity contribution < 1.29 is 28.0 Å². The van der Waals surface area contributed by atoms with Crippen molar-refractivity contribution in [1.82, 2.24) is 5.16 Å². The van der Waals surface area contributed by atoms with Crippen LogP contribution in [0.15, 0.2) is 71.3 Å². The number of ether oxygens (including phenoxy) is 2. The highest BCUT2D eigenvalue weighted by atomic mass is 19.1. The van der Waals surface area contributed by atoms with Gasteiger partial charge in [0.1, 0.15) is 23.3 Å². The number of hydrogen-bond donors (Lipinski definition) is 1. The number of aromatic nitrogens is 1. The molecule has 4 rings (SSSR count). The first-order valence-electron chi connectivity index (χ1n) is 12.8. The average Bonchev–Trinajstić information content (AvgIpc) is 3.28. The second kappa shape index (κ2) is 11.9. The fourth-order valence-corrected chi connectivity index (χ4v) is 4.36. The number of hydrogen-bond acceptors (Lipinski definition) is 6. The van der Waals surface area contributed by atoms with Gasteiger partial charge in [-0.2, -0.15) is 0 Å². The number of anilines is 1. The minimum Gasteiger partial charge on any atom is -0.466 e. The predicted octanol–water partition coefficient (Wildman–Crippen LogP) is 7.74. The van der Waals surface area contributed by atoms with Gasteiger partial charge in [0.15, 0.2) is 5.76 Å². The second-order valence-electron chi connectivity index (χ2n) is 9.29. The fraction of sp³-hybridized carbons (Fsp3) is 0.258. The Kier molecular flexibility index (Phi) is 8.44. The summed E-state index contributed by atoms with van der Waals surface area (Å²) >= 11 is 0. The molecule has 202 valence electrons. The van der Waals surface area contributed by atoms with Crippen molar-refractivity contribution in [1.29, 1.82) is 0 Å². The molecule has 0 aliphatic rings. The first-order chi connectivity index (χ1) is 18.7. The zero-order valence-electron chi connectivity index (χ0n) is 22.6. The SMILES string of the molecule is CCOC(=O)C(C)c1ccc(-c2ccc(-c3onc(C)c3NC(=O)OC(C)c3ccccc3F)cc2C)cc1. The molecule has 0 spiro atoms. The Morgan fingerprint density at radius 3 is 2.36 bits per heavy atom. The van der Waals surface area contributed by atoms with Gasteiger partial charge in [0.2, 0.25) is 0 Å².